The highest BCUT2D eigenvalue weighted by molar-refractivity contribution is 7.87. The molecule has 0 saturated carbocycles. The van der Waals surface area contributed by atoms with Crippen LogP contribution < -0.4 is 21.7 Å². The van der Waals surface area contributed by atoms with Gasteiger partial charge in [0.05, 0.1) is 0 Å². The maximum atomic E-state index is 12.6. The molecule has 0 bridgehead atoms. The van der Waals surface area contributed by atoms with E-state index in [0.29, 0.717) is 5.56 Å². The average molecular weight is 400 g/mol. The van der Waals surface area contributed by atoms with Gasteiger partial charge in [0, 0.05) is 31.1 Å². The molecule has 1 saturated heterocycles. The molecule has 0 aliphatic carbocycles. The van der Waals surface area contributed by atoms with Gasteiger partial charge in [-0.1, -0.05) is 24.3 Å². The van der Waals surface area contributed by atoms with Crippen molar-refractivity contribution >= 4 is 28.8 Å². The smallest absolute Gasteiger partial charge is 0.480 e. The summed E-state index contributed by atoms with van der Waals surface area (Å²) in [6.07, 6.45) is 0. The molecule has 0 radical (unpaired) electrons. The van der Waals surface area contributed by atoms with Crippen LogP contribution in [-0.4, -0.2) is 71.7 Å². The van der Waals surface area contributed by atoms with E-state index in [2.05, 4.69) is 4.72 Å². The van der Waals surface area contributed by atoms with Crippen LogP contribution in [0, 0.1) is 0 Å². The third-order valence-electron chi connectivity index (χ3n) is 4.51. The first-order valence-electron chi connectivity index (χ1n) is 8.28. The van der Waals surface area contributed by atoms with Crippen LogP contribution in [0.1, 0.15) is 25.3 Å². The normalized spacial score (nSPS) is 24.1. The van der Waals surface area contributed by atoms with Gasteiger partial charge in [-0.2, -0.15) is 12.7 Å². The first kappa shape index (κ1) is 21.8. The van der Waals surface area contributed by atoms with Crippen LogP contribution in [0.25, 0.3) is 0 Å². The number of nitrogens with one attached hydrogen (secondary N) is 1. The highest BCUT2D eigenvalue weighted by Crippen LogP contribution is 2.35. The lowest BCUT2D eigenvalue weighted by Crippen LogP contribution is -2.55. The van der Waals surface area contributed by atoms with Gasteiger partial charge in [-0.25, -0.2) is 4.72 Å². The SMILES string of the molecule is CC(C)(N)CNS(=O)(=O)N1CC(c2cccc(B(O)O)c2)C(N)(C(=O)O)C1. The number of hydrogen-bond donors (Lipinski definition) is 6. The van der Waals surface area contributed by atoms with Crippen LogP contribution in [0.4, 0.5) is 0 Å². The summed E-state index contributed by atoms with van der Waals surface area (Å²) in [6.45, 7) is 2.66. The Morgan fingerprint density at radius 3 is 2.59 bits per heavy atom. The summed E-state index contributed by atoms with van der Waals surface area (Å²) in [5.74, 6) is -2.23. The highest BCUT2D eigenvalue weighted by Gasteiger charge is 2.53. The van der Waals surface area contributed by atoms with E-state index < -0.39 is 46.8 Å². The summed E-state index contributed by atoms with van der Waals surface area (Å²) in [6, 6.07) is 5.97. The van der Waals surface area contributed by atoms with Crippen molar-refractivity contribution < 1.29 is 28.4 Å². The molecule has 10 nitrogen and oxygen atoms in total. The van der Waals surface area contributed by atoms with E-state index in [-0.39, 0.29) is 18.6 Å². The largest absolute Gasteiger partial charge is 0.488 e. The number of benzene rings is 1. The van der Waals surface area contributed by atoms with Crippen molar-refractivity contribution in [2.75, 3.05) is 19.6 Å². The Hall–Kier alpha value is -1.54. The zero-order valence-corrected chi connectivity index (χ0v) is 16.0. The molecule has 2 rings (SSSR count). The van der Waals surface area contributed by atoms with Crippen LogP contribution in [0.15, 0.2) is 24.3 Å². The molecule has 1 aliphatic heterocycles. The minimum atomic E-state index is -4.00. The Kier molecular flexibility index (Phi) is 6.02. The van der Waals surface area contributed by atoms with Crippen LogP contribution in [-0.2, 0) is 15.0 Å². The fourth-order valence-corrected chi connectivity index (χ4v) is 4.41. The molecular formula is C15H25BN4O6S. The van der Waals surface area contributed by atoms with Crippen molar-refractivity contribution in [3.63, 3.8) is 0 Å². The molecule has 1 fully saturated rings. The number of rotatable bonds is 7. The lowest BCUT2D eigenvalue weighted by molar-refractivity contribution is -0.143. The van der Waals surface area contributed by atoms with E-state index in [9.17, 15) is 28.4 Å². The lowest BCUT2D eigenvalue weighted by Gasteiger charge is -2.26. The minimum Gasteiger partial charge on any atom is -0.480 e. The van der Waals surface area contributed by atoms with Gasteiger partial charge in [0.2, 0.25) is 0 Å². The van der Waals surface area contributed by atoms with Gasteiger partial charge >= 0.3 is 13.1 Å². The molecule has 0 amide bonds. The Morgan fingerprint density at radius 2 is 2.07 bits per heavy atom. The summed E-state index contributed by atoms with van der Waals surface area (Å²) in [5.41, 5.74) is 9.79. The molecule has 1 aromatic rings. The van der Waals surface area contributed by atoms with Gasteiger partial charge < -0.3 is 26.6 Å². The summed E-state index contributed by atoms with van der Waals surface area (Å²) in [4.78, 5) is 11.8. The van der Waals surface area contributed by atoms with E-state index in [1.807, 2.05) is 0 Å². The van der Waals surface area contributed by atoms with Crippen molar-refractivity contribution in [1.82, 2.24) is 9.03 Å². The van der Waals surface area contributed by atoms with Crippen molar-refractivity contribution in [3.8, 4) is 0 Å². The Labute approximate surface area is 158 Å². The minimum absolute atomic E-state index is 0.0344. The highest BCUT2D eigenvalue weighted by atomic mass is 32.2. The second kappa shape index (κ2) is 7.47. The maximum Gasteiger partial charge on any atom is 0.488 e. The topological polar surface area (TPSA) is 179 Å². The summed E-state index contributed by atoms with van der Waals surface area (Å²) in [5, 5.41) is 28.3. The Balaban J connectivity index is 2.35. The zero-order chi connectivity index (χ0) is 20.6. The Bertz CT molecular complexity index is 813. The Morgan fingerprint density at radius 1 is 1.44 bits per heavy atom. The molecule has 27 heavy (non-hydrogen) atoms. The monoisotopic (exact) mass is 400 g/mol. The van der Waals surface area contributed by atoms with Gasteiger partial charge in [-0.15, -0.1) is 0 Å². The fourth-order valence-electron chi connectivity index (χ4n) is 2.94. The fraction of sp³-hybridized carbons (Fsp3) is 0.533. The number of nitrogens with two attached hydrogens (primary N) is 2. The summed E-state index contributed by atoms with van der Waals surface area (Å²) >= 11 is 0. The second-order valence-corrected chi connectivity index (χ2v) is 9.30. The van der Waals surface area contributed by atoms with Gasteiger partial charge in [0.25, 0.3) is 10.2 Å². The average Bonchev–Trinajstić information content (AvgIpc) is 2.93. The van der Waals surface area contributed by atoms with Crippen LogP contribution in [0.2, 0.25) is 0 Å². The first-order valence-corrected chi connectivity index (χ1v) is 9.72. The van der Waals surface area contributed by atoms with E-state index >= 15 is 0 Å². The van der Waals surface area contributed by atoms with Crippen molar-refractivity contribution in [1.29, 1.82) is 0 Å². The van der Waals surface area contributed by atoms with E-state index in [1.165, 1.54) is 18.2 Å². The number of aliphatic carboxylic acids is 1. The second-order valence-electron chi connectivity index (χ2n) is 7.55. The van der Waals surface area contributed by atoms with Gasteiger partial charge in [-0.3, -0.25) is 4.79 Å². The molecule has 1 aliphatic rings. The summed E-state index contributed by atoms with van der Waals surface area (Å²) in [7, 11) is -5.74. The van der Waals surface area contributed by atoms with Crippen molar-refractivity contribution in [3.05, 3.63) is 29.8 Å². The maximum absolute atomic E-state index is 12.6. The molecule has 8 N–H and O–H groups in total. The third kappa shape index (κ3) is 4.85. The molecule has 2 atom stereocenters. The molecule has 150 valence electrons. The van der Waals surface area contributed by atoms with Crippen LogP contribution in [0.5, 0.6) is 0 Å². The standard InChI is InChI=1S/C15H25BN4O6S/c1-14(2,17)8-19-27(25,26)20-7-12(15(18,9-20)13(21)22)10-4-3-5-11(6-10)16(23)24/h3-6,12,19,23-24H,7-9,17-18H2,1-2H3,(H,21,22). The van der Waals surface area contributed by atoms with E-state index in [4.69, 9.17) is 11.5 Å². The summed E-state index contributed by atoms with van der Waals surface area (Å²) < 4.78 is 28.5. The lowest BCUT2D eigenvalue weighted by atomic mass is 9.76. The quantitative estimate of drug-likeness (QED) is 0.264. The van der Waals surface area contributed by atoms with Crippen molar-refractivity contribution in [2.24, 2.45) is 11.5 Å². The molecule has 1 heterocycles. The predicted octanol–water partition coefficient (Wildman–Crippen LogP) is -2.88. The number of nitrogens with zero attached hydrogens (tertiary/aromatic N) is 1. The van der Waals surface area contributed by atoms with Crippen LogP contribution >= 0.6 is 0 Å². The molecule has 12 heteroatoms. The van der Waals surface area contributed by atoms with Gasteiger partial charge in [-0.05, 0) is 24.9 Å². The molecule has 2 unspecified atom stereocenters. The van der Waals surface area contributed by atoms with E-state index in [0.717, 1.165) is 4.31 Å². The number of carbonyl (C=O) groups is 1. The molecule has 1 aromatic carbocycles. The predicted molar refractivity (Wildman–Crippen MR) is 100 cm³/mol. The number of carboxylic acids is 1. The number of hydrogen-bond acceptors (Lipinski definition) is 7. The zero-order valence-electron chi connectivity index (χ0n) is 15.2. The van der Waals surface area contributed by atoms with Crippen molar-refractivity contribution in [2.45, 2.75) is 30.8 Å². The van der Waals surface area contributed by atoms with E-state index in [1.54, 1.807) is 19.9 Å². The van der Waals surface area contributed by atoms with Gasteiger partial charge in [0.1, 0.15) is 5.54 Å². The first-order chi connectivity index (χ1) is 12.3. The molecule has 0 spiro atoms. The number of carboxylic acid groups (broad SMARTS) is 1. The molecule has 0 aromatic heterocycles. The van der Waals surface area contributed by atoms with Gasteiger partial charge in [0.15, 0.2) is 0 Å². The third-order valence-corrected chi connectivity index (χ3v) is 5.97. The van der Waals surface area contributed by atoms with Crippen LogP contribution in [0.3, 0.4) is 0 Å². The molecular weight excluding hydrogens is 375 g/mol.